The first-order chi connectivity index (χ1) is 7.29. The van der Waals surface area contributed by atoms with Crippen molar-refractivity contribution in [1.82, 2.24) is 10.2 Å². The van der Waals surface area contributed by atoms with Crippen LogP contribution in [-0.4, -0.2) is 37.0 Å². The highest BCUT2D eigenvalue weighted by Crippen LogP contribution is 2.13. The third-order valence-corrected chi connectivity index (χ3v) is 2.80. The van der Waals surface area contributed by atoms with Crippen molar-refractivity contribution in [2.75, 3.05) is 26.2 Å². The highest BCUT2D eigenvalue weighted by Gasteiger charge is 2.24. The number of carbonyl (C=O) groups is 1. The topological polar surface area (TPSA) is 32.3 Å². The lowest BCUT2D eigenvalue weighted by Gasteiger charge is -2.28. The zero-order chi connectivity index (χ0) is 11.1. The summed E-state index contributed by atoms with van der Waals surface area (Å²) in [6.07, 6.45) is 4.97. The fourth-order valence-electron chi connectivity index (χ4n) is 2.04. The van der Waals surface area contributed by atoms with E-state index in [9.17, 15) is 4.79 Å². The van der Waals surface area contributed by atoms with Gasteiger partial charge in [-0.05, 0) is 25.8 Å². The monoisotopic (exact) mass is 210 g/mol. The minimum Gasteiger partial charge on any atom is -0.339 e. The van der Waals surface area contributed by atoms with E-state index < -0.39 is 0 Å². The Morgan fingerprint density at radius 2 is 2.47 bits per heavy atom. The number of rotatable bonds is 5. The molecule has 1 aliphatic rings. The summed E-state index contributed by atoms with van der Waals surface area (Å²) in [4.78, 5) is 14.0. The van der Waals surface area contributed by atoms with E-state index in [0.717, 1.165) is 38.9 Å². The Morgan fingerprint density at radius 3 is 3.00 bits per heavy atom. The summed E-state index contributed by atoms with van der Waals surface area (Å²) < 4.78 is 0. The maximum atomic E-state index is 12.1. The zero-order valence-electron chi connectivity index (χ0n) is 9.67. The Kier molecular flexibility index (Phi) is 5.40. The summed E-state index contributed by atoms with van der Waals surface area (Å²) in [7, 11) is 0. The second-order valence-electron chi connectivity index (χ2n) is 4.12. The number of hydrogen-bond acceptors (Lipinski definition) is 2. The van der Waals surface area contributed by atoms with Gasteiger partial charge in [-0.2, -0.15) is 0 Å². The Labute approximate surface area is 92.5 Å². The molecule has 0 spiro atoms. The number of carbonyl (C=O) groups excluding carboxylic acids is 1. The van der Waals surface area contributed by atoms with Crippen LogP contribution in [0.25, 0.3) is 0 Å². The Morgan fingerprint density at radius 1 is 1.67 bits per heavy atom. The van der Waals surface area contributed by atoms with Gasteiger partial charge < -0.3 is 10.2 Å². The van der Waals surface area contributed by atoms with Crippen LogP contribution in [0.1, 0.15) is 26.2 Å². The normalized spacial score (nSPS) is 21.0. The molecule has 3 heteroatoms. The van der Waals surface area contributed by atoms with Gasteiger partial charge in [-0.1, -0.05) is 13.0 Å². The highest BCUT2D eigenvalue weighted by atomic mass is 16.2. The van der Waals surface area contributed by atoms with Gasteiger partial charge in [0.1, 0.15) is 0 Å². The molecule has 1 heterocycles. The van der Waals surface area contributed by atoms with Crippen LogP contribution in [-0.2, 0) is 4.79 Å². The van der Waals surface area contributed by atoms with Crippen molar-refractivity contribution < 1.29 is 4.79 Å². The summed E-state index contributed by atoms with van der Waals surface area (Å²) in [6.45, 7) is 9.23. The van der Waals surface area contributed by atoms with E-state index in [-0.39, 0.29) is 5.92 Å². The van der Waals surface area contributed by atoms with Crippen molar-refractivity contribution in [3.63, 3.8) is 0 Å². The molecule has 0 radical (unpaired) electrons. The number of hydrogen-bond donors (Lipinski definition) is 1. The Hall–Kier alpha value is -0.830. The molecule has 0 aromatic heterocycles. The fraction of sp³-hybridized carbons (Fsp3) is 0.750. The summed E-state index contributed by atoms with van der Waals surface area (Å²) in [5, 5.41) is 3.28. The van der Waals surface area contributed by atoms with E-state index in [0.29, 0.717) is 12.5 Å². The predicted octanol–water partition coefficient (Wildman–Crippen LogP) is 1.41. The minimum atomic E-state index is 0.185. The molecular formula is C12H22N2O. The maximum Gasteiger partial charge on any atom is 0.227 e. The smallest absolute Gasteiger partial charge is 0.227 e. The minimum absolute atomic E-state index is 0.185. The second-order valence-corrected chi connectivity index (χ2v) is 4.12. The molecule has 1 N–H and O–H groups in total. The molecule has 1 saturated heterocycles. The Bertz CT molecular complexity index is 210. The van der Waals surface area contributed by atoms with Crippen LogP contribution in [0.15, 0.2) is 12.7 Å². The highest BCUT2D eigenvalue weighted by molar-refractivity contribution is 5.79. The van der Waals surface area contributed by atoms with E-state index in [1.165, 1.54) is 0 Å². The van der Waals surface area contributed by atoms with Gasteiger partial charge >= 0.3 is 0 Å². The molecule has 0 aromatic rings. The average Bonchev–Trinajstić information content (AvgIpc) is 2.29. The second kappa shape index (κ2) is 6.62. The van der Waals surface area contributed by atoms with E-state index in [4.69, 9.17) is 0 Å². The first-order valence-corrected chi connectivity index (χ1v) is 5.90. The largest absolute Gasteiger partial charge is 0.339 e. The van der Waals surface area contributed by atoms with E-state index >= 15 is 0 Å². The SMILES string of the molecule is C=CCN(CCC)C(=O)C1CCCNC1. The van der Waals surface area contributed by atoms with Crippen LogP contribution in [0, 0.1) is 5.92 Å². The van der Waals surface area contributed by atoms with Gasteiger partial charge in [-0.25, -0.2) is 0 Å². The van der Waals surface area contributed by atoms with Crippen LogP contribution < -0.4 is 5.32 Å². The molecule has 1 unspecified atom stereocenters. The molecule has 0 saturated carbocycles. The number of amides is 1. The van der Waals surface area contributed by atoms with Crippen molar-refractivity contribution in [1.29, 1.82) is 0 Å². The van der Waals surface area contributed by atoms with Crippen LogP contribution in [0.3, 0.4) is 0 Å². The first kappa shape index (κ1) is 12.2. The van der Waals surface area contributed by atoms with Gasteiger partial charge in [0.25, 0.3) is 0 Å². The van der Waals surface area contributed by atoms with Crippen molar-refractivity contribution in [2.45, 2.75) is 26.2 Å². The van der Waals surface area contributed by atoms with Crippen molar-refractivity contribution in [3.8, 4) is 0 Å². The van der Waals surface area contributed by atoms with Crippen LogP contribution in [0.5, 0.6) is 0 Å². The number of nitrogens with zero attached hydrogens (tertiary/aromatic N) is 1. The fourth-order valence-corrected chi connectivity index (χ4v) is 2.04. The van der Waals surface area contributed by atoms with Gasteiger partial charge in [0.15, 0.2) is 0 Å². The zero-order valence-corrected chi connectivity index (χ0v) is 9.67. The molecule has 1 rings (SSSR count). The quantitative estimate of drug-likeness (QED) is 0.696. The van der Waals surface area contributed by atoms with E-state index in [2.05, 4.69) is 18.8 Å². The molecule has 1 fully saturated rings. The molecular weight excluding hydrogens is 188 g/mol. The molecule has 3 nitrogen and oxygen atoms in total. The van der Waals surface area contributed by atoms with Crippen molar-refractivity contribution >= 4 is 5.91 Å². The van der Waals surface area contributed by atoms with Gasteiger partial charge in [-0.3, -0.25) is 4.79 Å². The molecule has 1 amide bonds. The molecule has 15 heavy (non-hydrogen) atoms. The summed E-state index contributed by atoms with van der Waals surface area (Å²) in [5.41, 5.74) is 0. The van der Waals surface area contributed by atoms with E-state index in [1.54, 1.807) is 0 Å². The molecule has 86 valence electrons. The lowest BCUT2D eigenvalue weighted by Crippen LogP contribution is -2.43. The van der Waals surface area contributed by atoms with Gasteiger partial charge in [0.2, 0.25) is 5.91 Å². The van der Waals surface area contributed by atoms with E-state index in [1.807, 2.05) is 11.0 Å². The maximum absolute atomic E-state index is 12.1. The van der Waals surface area contributed by atoms with Gasteiger partial charge in [0, 0.05) is 19.6 Å². The molecule has 1 aliphatic heterocycles. The average molecular weight is 210 g/mol. The molecule has 0 bridgehead atoms. The molecule has 0 aromatic carbocycles. The number of piperidine rings is 1. The van der Waals surface area contributed by atoms with Gasteiger partial charge in [-0.15, -0.1) is 6.58 Å². The number of nitrogens with one attached hydrogen (secondary N) is 1. The standard InChI is InChI=1S/C12H22N2O/c1-3-8-14(9-4-2)12(15)11-6-5-7-13-10-11/h3,11,13H,1,4-10H2,2H3. The summed E-state index contributed by atoms with van der Waals surface area (Å²) in [5.74, 6) is 0.481. The Balaban J connectivity index is 2.48. The molecule has 0 aliphatic carbocycles. The lowest BCUT2D eigenvalue weighted by molar-refractivity contribution is -0.135. The van der Waals surface area contributed by atoms with Crippen molar-refractivity contribution in [2.24, 2.45) is 5.92 Å². The summed E-state index contributed by atoms with van der Waals surface area (Å²) in [6, 6.07) is 0. The lowest BCUT2D eigenvalue weighted by atomic mass is 9.98. The van der Waals surface area contributed by atoms with Crippen LogP contribution in [0.2, 0.25) is 0 Å². The third-order valence-electron chi connectivity index (χ3n) is 2.80. The van der Waals surface area contributed by atoms with Crippen LogP contribution in [0.4, 0.5) is 0 Å². The van der Waals surface area contributed by atoms with Crippen molar-refractivity contribution in [3.05, 3.63) is 12.7 Å². The predicted molar refractivity (Wildman–Crippen MR) is 62.7 cm³/mol. The van der Waals surface area contributed by atoms with Gasteiger partial charge in [0.05, 0.1) is 5.92 Å². The summed E-state index contributed by atoms with van der Waals surface area (Å²) >= 11 is 0. The first-order valence-electron chi connectivity index (χ1n) is 5.90. The van der Waals surface area contributed by atoms with Crippen LogP contribution >= 0.6 is 0 Å². The third kappa shape index (κ3) is 3.67. The molecule has 1 atom stereocenters.